The van der Waals surface area contributed by atoms with E-state index >= 15 is 0 Å². The summed E-state index contributed by atoms with van der Waals surface area (Å²) in [7, 11) is 0. The molecule has 0 aromatic carbocycles. The van der Waals surface area contributed by atoms with Crippen LogP contribution in [0.5, 0.6) is 0 Å². The summed E-state index contributed by atoms with van der Waals surface area (Å²) in [6.07, 6.45) is 6.45. The predicted octanol–water partition coefficient (Wildman–Crippen LogP) is 3.27. The molecule has 110 valence electrons. The summed E-state index contributed by atoms with van der Waals surface area (Å²) < 4.78 is 0. The smallest absolute Gasteiger partial charge is 0.111 e. The van der Waals surface area contributed by atoms with Gasteiger partial charge < -0.3 is 20.3 Å². The molecule has 0 saturated heterocycles. The van der Waals surface area contributed by atoms with Gasteiger partial charge in [-0.1, -0.05) is 27.2 Å². The molecule has 20 heavy (non-hydrogen) atoms. The van der Waals surface area contributed by atoms with Gasteiger partial charge in [0.1, 0.15) is 11.6 Å². The van der Waals surface area contributed by atoms with Crippen LogP contribution in [0, 0.1) is 12.0 Å². The number of allylic oxidation sites excluding steroid dienone is 2. The molecule has 0 heterocycles. The molecule has 0 bridgehead atoms. The molecule has 0 unspecified atom stereocenters. The molecule has 2 radical (unpaired) electrons. The summed E-state index contributed by atoms with van der Waals surface area (Å²) in [5.41, 5.74) is 0. The molecule has 1 aliphatic rings. The van der Waals surface area contributed by atoms with E-state index in [-0.39, 0.29) is 89.2 Å². The van der Waals surface area contributed by atoms with Crippen molar-refractivity contribution in [2.45, 2.75) is 60.3 Å². The van der Waals surface area contributed by atoms with Gasteiger partial charge in [0.05, 0.1) is 6.42 Å². The second-order valence-corrected chi connectivity index (χ2v) is 4.32. The Kier molecular flexibility index (Phi) is 29.0. The van der Waals surface area contributed by atoms with Gasteiger partial charge in [0.2, 0.25) is 0 Å². The van der Waals surface area contributed by atoms with E-state index in [1.807, 2.05) is 6.92 Å². The molecular weight excluding hydrogens is 406 g/mol. The van der Waals surface area contributed by atoms with Crippen molar-refractivity contribution < 1.29 is 79.8 Å². The standard InChI is InChI=1S/C7H9O2.C5H7O.C3H8.2Y/c1-5-2-6(8)4-7(9)3-5;1-3-4-5(2)6;1-3-2;;/h2-4H2,1H3;4H,1-2H3;3H2,1-2H3;;/q2*-1;;;. The number of hydrogen-bond acceptors (Lipinski definition) is 3. The normalized spacial score (nSPS) is 14.1. The molecule has 0 atom stereocenters. The van der Waals surface area contributed by atoms with Gasteiger partial charge in [-0.15, -0.1) is 19.8 Å². The van der Waals surface area contributed by atoms with E-state index in [1.54, 1.807) is 6.92 Å². The van der Waals surface area contributed by atoms with Gasteiger partial charge in [0.25, 0.3) is 0 Å². The van der Waals surface area contributed by atoms with Crippen LogP contribution in [-0.4, -0.2) is 17.3 Å². The van der Waals surface area contributed by atoms with E-state index in [4.69, 9.17) is 0 Å². The number of hydrogen-bond donors (Lipinski definition) is 0. The molecule has 3 nitrogen and oxygen atoms in total. The molecule has 0 aromatic rings. The van der Waals surface area contributed by atoms with Gasteiger partial charge in [-0.2, -0.15) is 13.0 Å². The van der Waals surface area contributed by atoms with Crippen LogP contribution < -0.4 is 0 Å². The largest absolute Gasteiger partial charge is 0.407 e. The summed E-state index contributed by atoms with van der Waals surface area (Å²) in [4.78, 5) is 31.2. The molecule has 0 spiro atoms. The zero-order valence-electron chi connectivity index (χ0n) is 13.3. The average Bonchev–Trinajstić information content (AvgIpc) is 2.16. The maximum atomic E-state index is 10.6. The Balaban J connectivity index is -0.000000103. The molecule has 0 N–H and O–H groups in total. The summed E-state index contributed by atoms with van der Waals surface area (Å²) in [6, 6.07) is 0. The van der Waals surface area contributed by atoms with Gasteiger partial charge in [-0.25, -0.2) is 0 Å². The SMILES string of the molecule is CCC.C[C-]1CC(=O)CC(=O)C1.C[C-]=CC(C)=O.[Y].[Y]. The molecule has 0 aromatic heterocycles. The van der Waals surface area contributed by atoms with Crippen LogP contribution in [0.2, 0.25) is 0 Å². The summed E-state index contributed by atoms with van der Waals surface area (Å²) in [5.74, 6) is 1.21. The average molecular weight is 430 g/mol. The van der Waals surface area contributed by atoms with Crippen molar-refractivity contribution in [1.29, 1.82) is 0 Å². The summed E-state index contributed by atoms with van der Waals surface area (Å²) in [5, 5.41) is 0. The van der Waals surface area contributed by atoms with E-state index in [9.17, 15) is 14.4 Å². The van der Waals surface area contributed by atoms with Crippen molar-refractivity contribution in [3.63, 3.8) is 0 Å². The summed E-state index contributed by atoms with van der Waals surface area (Å²) in [6.45, 7) is 9.30. The Morgan fingerprint density at radius 3 is 1.70 bits per heavy atom. The van der Waals surface area contributed by atoms with Crippen molar-refractivity contribution in [2.24, 2.45) is 0 Å². The van der Waals surface area contributed by atoms with Crippen LogP contribution in [0.1, 0.15) is 60.3 Å². The Labute approximate surface area is 173 Å². The van der Waals surface area contributed by atoms with E-state index in [0.717, 1.165) is 5.92 Å². The first-order chi connectivity index (χ1) is 8.37. The number of rotatable bonds is 1. The van der Waals surface area contributed by atoms with Crippen molar-refractivity contribution >= 4 is 17.3 Å². The van der Waals surface area contributed by atoms with E-state index in [1.165, 1.54) is 19.4 Å². The molecule has 1 saturated carbocycles. The van der Waals surface area contributed by atoms with Crippen LogP contribution in [-0.2, 0) is 79.8 Å². The van der Waals surface area contributed by atoms with Crippen molar-refractivity contribution in [1.82, 2.24) is 0 Å². The fraction of sp³-hybridized carbons (Fsp3) is 0.600. The Morgan fingerprint density at radius 1 is 1.20 bits per heavy atom. The zero-order chi connectivity index (χ0) is 14.6. The zero-order valence-corrected chi connectivity index (χ0v) is 19.0. The van der Waals surface area contributed by atoms with Crippen LogP contribution >= 0.6 is 0 Å². The van der Waals surface area contributed by atoms with E-state index in [2.05, 4.69) is 19.9 Å². The number of ketones is 3. The van der Waals surface area contributed by atoms with Crippen molar-refractivity contribution in [3.05, 3.63) is 18.1 Å². The van der Waals surface area contributed by atoms with Gasteiger partial charge >= 0.3 is 0 Å². The molecule has 0 aliphatic heterocycles. The summed E-state index contributed by atoms with van der Waals surface area (Å²) >= 11 is 0. The first-order valence-corrected chi connectivity index (χ1v) is 6.23. The second kappa shape index (κ2) is 20.0. The molecule has 1 fully saturated rings. The molecule has 5 heteroatoms. The number of Topliss-reactive ketones (excluding diaryl/α,β-unsaturated/α-hetero) is 2. The van der Waals surface area contributed by atoms with Gasteiger partial charge in [-0.3, -0.25) is 6.08 Å². The van der Waals surface area contributed by atoms with Crippen LogP contribution in [0.25, 0.3) is 0 Å². The third-order valence-corrected chi connectivity index (χ3v) is 1.74. The minimum absolute atomic E-state index is 0. The third-order valence-electron chi connectivity index (χ3n) is 1.74. The van der Waals surface area contributed by atoms with Crippen LogP contribution in [0.15, 0.2) is 6.08 Å². The maximum absolute atomic E-state index is 10.6. The van der Waals surface area contributed by atoms with Gasteiger partial charge in [0.15, 0.2) is 0 Å². The Bertz CT molecular complexity index is 283. The number of carbonyl (C=O) groups is 3. The van der Waals surface area contributed by atoms with Gasteiger partial charge in [-0.05, 0) is 5.78 Å². The molecule has 1 aliphatic carbocycles. The fourth-order valence-electron chi connectivity index (χ4n) is 1.28. The Hall–Kier alpha value is 0.958. The number of carbonyl (C=O) groups excluding carboxylic acids is 3. The van der Waals surface area contributed by atoms with Crippen molar-refractivity contribution in [3.8, 4) is 0 Å². The second-order valence-electron chi connectivity index (χ2n) is 4.32. The predicted molar refractivity (Wildman–Crippen MR) is 72.9 cm³/mol. The topological polar surface area (TPSA) is 51.2 Å². The minimum Gasteiger partial charge on any atom is -0.407 e. The van der Waals surface area contributed by atoms with E-state index in [0.29, 0.717) is 12.8 Å². The first-order valence-electron chi connectivity index (χ1n) is 6.23. The molecule has 1 rings (SSSR count). The molecular formula is C15H24O3Y2-2. The van der Waals surface area contributed by atoms with Crippen LogP contribution in [0.3, 0.4) is 0 Å². The van der Waals surface area contributed by atoms with Gasteiger partial charge in [0, 0.05) is 65.4 Å². The van der Waals surface area contributed by atoms with E-state index < -0.39 is 0 Å². The van der Waals surface area contributed by atoms with Crippen LogP contribution in [0.4, 0.5) is 0 Å². The fourth-order valence-corrected chi connectivity index (χ4v) is 1.28. The maximum Gasteiger partial charge on any atom is 0.111 e. The first kappa shape index (κ1) is 29.0. The molecule has 0 amide bonds. The minimum atomic E-state index is 0. The Morgan fingerprint density at radius 2 is 1.55 bits per heavy atom. The van der Waals surface area contributed by atoms with Crippen molar-refractivity contribution in [2.75, 3.05) is 0 Å². The third kappa shape index (κ3) is 24.0. The monoisotopic (exact) mass is 430 g/mol. The quantitative estimate of drug-likeness (QED) is 0.365.